The summed E-state index contributed by atoms with van der Waals surface area (Å²) in [6.45, 7) is 0.552. The third-order valence-electron chi connectivity index (χ3n) is 3.19. The Hall–Kier alpha value is -1.37. The number of carbonyl (C=O) groups is 1. The number of nitrogens with zero attached hydrogens (tertiary/aromatic N) is 3. The molecule has 2 aromatic rings. The molecule has 0 unspecified atom stereocenters. The quantitative estimate of drug-likeness (QED) is 0.884. The molecule has 0 bridgehead atoms. The maximum absolute atomic E-state index is 12.0. The van der Waals surface area contributed by atoms with E-state index in [0.717, 1.165) is 10.4 Å². The number of thiophene rings is 1. The monoisotopic (exact) mass is 326 g/mol. The molecule has 0 fully saturated rings. The molecule has 0 saturated heterocycles. The average Bonchev–Trinajstić information content (AvgIpc) is 2.98. The van der Waals surface area contributed by atoms with Crippen molar-refractivity contribution in [2.75, 3.05) is 20.6 Å². The maximum atomic E-state index is 12.0. The Bertz CT molecular complexity index is 608. The first-order valence-electron chi connectivity index (χ1n) is 6.61. The fourth-order valence-electron chi connectivity index (χ4n) is 2.09. The number of amides is 1. The number of hydrogen-bond acceptors (Lipinski definition) is 4. The van der Waals surface area contributed by atoms with Crippen molar-refractivity contribution in [1.82, 2.24) is 20.0 Å². The van der Waals surface area contributed by atoms with Crippen LogP contribution in [0, 0.1) is 0 Å². The van der Waals surface area contributed by atoms with E-state index >= 15 is 0 Å². The average molecular weight is 327 g/mol. The number of halogens is 1. The second-order valence-electron chi connectivity index (χ2n) is 5.11. The Kier molecular flexibility index (Phi) is 5.39. The second kappa shape index (κ2) is 7.06. The van der Waals surface area contributed by atoms with Gasteiger partial charge in [0.15, 0.2) is 0 Å². The van der Waals surface area contributed by atoms with Crippen molar-refractivity contribution in [2.24, 2.45) is 7.05 Å². The van der Waals surface area contributed by atoms with E-state index in [2.05, 4.69) is 15.3 Å². The summed E-state index contributed by atoms with van der Waals surface area (Å²) >= 11 is 7.30. The fraction of sp³-hybridized carbons (Fsp3) is 0.429. The van der Waals surface area contributed by atoms with Crippen LogP contribution in [-0.2, 0) is 18.3 Å². The molecule has 2 heterocycles. The summed E-state index contributed by atoms with van der Waals surface area (Å²) < 4.78 is 2.47. The Morgan fingerprint density at radius 2 is 2.29 bits per heavy atom. The van der Waals surface area contributed by atoms with Crippen molar-refractivity contribution in [1.29, 1.82) is 0 Å². The molecule has 1 N–H and O–H groups in total. The summed E-state index contributed by atoms with van der Waals surface area (Å²) in [6, 6.07) is 3.80. The van der Waals surface area contributed by atoms with Crippen LogP contribution in [-0.4, -0.2) is 41.2 Å². The summed E-state index contributed by atoms with van der Waals surface area (Å²) in [6.07, 6.45) is 4.16. The highest BCUT2D eigenvalue weighted by molar-refractivity contribution is 7.16. The van der Waals surface area contributed by atoms with E-state index in [1.54, 1.807) is 4.68 Å². The Morgan fingerprint density at radius 3 is 2.81 bits per heavy atom. The summed E-state index contributed by atoms with van der Waals surface area (Å²) in [5, 5.41) is 7.16. The largest absolute Gasteiger partial charge is 0.354 e. The Balaban J connectivity index is 1.91. The number of likely N-dealkylation sites (N-methyl/N-ethyl adjacent to an activating group) is 1. The lowest BCUT2D eigenvalue weighted by Gasteiger charge is -2.23. The van der Waals surface area contributed by atoms with Crippen LogP contribution in [0.4, 0.5) is 0 Å². The van der Waals surface area contributed by atoms with Crippen molar-refractivity contribution < 1.29 is 4.79 Å². The van der Waals surface area contributed by atoms with Crippen LogP contribution in [0.3, 0.4) is 0 Å². The van der Waals surface area contributed by atoms with Crippen LogP contribution in [0.15, 0.2) is 24.5 Å². The fourth-order valence-corrected chi connectivity index (χ4v) is 3.17. The number of rotatable bonds is 6. The molecule has 2 aromatic heterocycles. The Morgan fingerprint density at radius 1 is 1.52 bits per heavy atom. The van der Waals surface area contributed by atoms with Gasteiger partial charge in [-0.2, -0.15) is 5.10 Å². The second-order valence-corrected chi connectivity index (χ2v) is 6.91. The first kappa shape index (κ1) is 16.0. The van der Waals surface area contributed by atoms with Crippen molar-refractivity contribution in [3.63, 3.8) is 0 Å². The van der Waals surface area contributed by atoms with Crippen LogP contribution >= 0.6 is 22.9 Å². The number of aromatic nitrogens is 2. The minimum Gasteiger partial charge on any atom is -0.354 e. The van der Waals surface area contributed by atoms with Crippen molar-refractivity contribution in [3.05, 3.63) is 39.3 Å². The maximum Gasteiger partial charge on any atom is 0.225 e. The molecule has 0 spiro atoms. The normalized spacial score (nSPS) is 12.6. The van der Waals surface area contributed by atoms with Crippen molar-refractivity contribution in [2.45, 2.75) is 12.5 Å². The van der Waals surface area contributed by atoms with Gasteiger partial charge in [0.25, 0.3) is 0 Å². The molecule has 0 aliphatic rings. The van der Waals surface area contributed by atoms with Crippen LogP contribution in [0.5, 0.6) is 0 Å². The SMILES string of the molecule is CN(C)[C@H](CNC(=O)Cc1ccc(Cl)s1)c1cnn(C)c1. The first-order valence-corrected chi connectivity index (χ1v) is 7.81. The molecule has 1 amide bonds. The highest BCUT2D eigenvalue weighted by Gasteiger charge is 2.17. The molecular formula is C14H19ClN4OS. The molecule has 1 atom stereocenters. The molecule has 0 aliphatic carbocycles. The predicted molar refractivity (Wildman–Crippen MR) is 85.7 cm³/mol. The lowest BCUT2D eigenvalue weighted by Crippen LogP contribution is -2.35. The van der Waals surface area contributed by atoms with Crippen LogP contribution < -0.4 is 5.32 Å². The lowest BCUT2D eigenvalue weighted by molar-refractivity contribution is -0.120. The van der Waals surface area contributed by atoms with Gasteiger partial charge in [-0.3, -0.25) is 9.48 Å². The smallest absolute Gasteiger partial charge is 0.225 e. The van der Waals surface area contributed by atoms with Gasteiger partial charge in [-0.15, -0.1) is 11.3 Å². The van der Waals surface area contributed by atoms with Gasteiger partial charge in [-0.05, 0) is 26.2 Å². The molecule has 7 heteroatoms. The summed E-state index contributed by atoms with van der Waals surface area (Å²) in [7, 11) is 5.86. The van der Waals surface area contributed by atoms with E-state index in [9.17, 15) is 4.79 Å². The number of nitrogens with one attached hydrogen (secondary N) is 1. The molecule has 114 valence electrons. The van der Waals surface area contributed by atoms with E-state index in [1.807, 2.05) is 45.7 Å². The molecular weight excluding hydrogens is 308 g/mol. The minimum atomic E-state index is 0.00394. The van der Waals surface area contributed by atoms with Crippen molar-refractivity contribution >= 4 is 28.8 Å². The van der Waals surface area contributed by atoms with Gasteiger partial charge in [0.05, 0.1) is 23.0 Å². The zero-order valence-corrected chi connectivity index (χ0v) is 13.9. The van der Waals surface area contributed by atoms with E-state index in [0.29, 0.717) is 17.3 Å². The number of carbonyl (C=O) groups excluding carboxylic acids is 1. The molecule has 2 rings (SSSR count). The summed E-state index contributed by atoms with van der Waals surface area (Å²) in [5.74, 6) is 0.00394. The van der Waals surface area contributed by atoms with Gasteiger partial charge in [-0.25, -0.2) is 0 Å². The molecule has 0 aromatic carbocycles. The predicted octanol–water partition coefficient (Wildman–Crippen LogP) is 2.10. The van der Waals surface area contributed by atoms with E-state index < -0.39 is 0 Å². The van der Waals surface area contributed by atoms with E-state index in [1.165, 1.54) is 11.3 Å². The zero-order chi connectivity index (χ0) is 15.4. The lowest BCUT2D eigenvalue weighted by atomic mass is 10.1. The number of hydrogen-bond donors (Lipinski definition) is 1. The van der Waals surface area contributed by atoms with Crippen LogP contribution in [0.1, 0.15) is 16.5 Å². The molecule has 5 nitrogen and oxygen atoms in total. The molecule has 0 saturated carbocycles. The van der Waals surface area contributed by atoms with E-state index in [4.69, 9.17) is 11.6 Å². The third kappa shape index (κ3) is 4.56. The van der Waals surface area contributed by atoms with Crippen LogP contribution in [0.2, 0.25) is 4.34 Å². The van der Waals surface area contributed by atoms with E-state index in [-0.39, 0.29) is 11.9 Å². The third-order valence-corrected chi connectivity index (χ3v) is 4.42. The topological polar surface area (TPSA) is 50.2 Å². The summed E-state index contributed by atoms with van der Waals surface area (Å²) in [4.78, 5) is 15.0. The van der Waals surface area contributed by atoms with Gasteiger partial charge in [0.1, 0.15) is 0 Å². The highest BCUT2D eigenvalue weighted by Crippen LogP contribution is 2.22. The van der Waals surface area contributed by atoms with Gasteiger partial charge >= 0.3 is 0 Å². The Labute approximate surface area is 133 Å². The molecule has 0 radical (unpaired) electrons. The zero-order valence-electron chi connectivity index (χ0n) is 12.3. The molecule has 21 heavy (non-hydrogen) atoms. The molecule has 0 aliphatic heterocycles. The van der Waals surface area contributed by atoms with Gasteiger partial charge < -0.3 is 10.2 Å². The van der Waals surface area contributed by atoms with Crippen molar-refractivity contribution in [3.8, 4) is 0 Å². The van der Waals surface area contributed by atoms with Gasteiger partial charge in [-0.1, -0.05) is 11.6 Å². The van der Waals surface area contributed by atoms with Gasteiger partial charge in [0, 0.05) is 30.2 Å². The van der Waals surface area contributed by atoms with Gasteiger partial charge in [0.2, 0.25) is 5.91 Å². The minimum absolute atomic E-state index is 0.00394. The summed E-state index contributed by atoms with van der Waals surface area (Å²) in [5.41, 5.74) is 1.09. The van der Waals surface area contributed by atoms with Crippen LogP contribution in [0.25, 0.3) is 0 Å². The first-order chi connectivity index (χ1) is 9.95. The highest BCUT2D eigenvalue weighted by atomic mass is 35.5. The standard InChI is InChI=1S/C14H19ClN4OS/c1-18(2)12(10-7-17-19(3)9-10)8-16-14(20)6-11-4-5-13(15)21-11/h4-5,7,9,12H,6,8H2,1-3H3,(H,16,20)/t12-/m1/s1. The number of aryl methyl sites for hydroxylation is 1.